The molecule has 1 N–H and O–H groups in total. The van der Waals surface area contributed by atoms with Crippen molar-refractivity contribution in [1.29, 1.82) is 0 Å². The molecule has 0 aliphatic heterocycles. The van der Waals surface area contributed by atoms with Crippen LogP contribution in [0.15, 0.2) is 48.5 Å². The molecule has 0 radical (unpaired) electrons. The molecule has 0 saturated heterocycles. The van der Waals surface area contributed by atoms with E-state index in [1.54, 1.807) is 12.1 Å². The van der Waals surface area contributed by atoms with Crippen molar-refractivity contribution in [1.82, 2.24) is 0 Å². The molecule has 0 unspecified atom stereocenters. The second kappa shape index (κ2) is 7.50. The van der Waals surface area contributed by atoms with Gasteiger partial charge in [0, 0.05) is 6.42 Å². The Hall–Kier alpha value is -2.49. The summed E-state index contributed by atoms with van der Waals surface area (Å²) in [5, 5.41) is 9.41. The van der Waals surface area contributed by atoms with Gasteiger partial charge in [0.1, 0.15) is 11.5 Å². The number of aryl methyl sites for hydroxylation is 1. The first-order valence-corrected chi connectivity index (χ1v) is 7.27. The highest BCUT2D eigenvalue weighted by Gasteiger charge is 2.21. The minimum Gasteiger partial charge on any atom is -0.494 e. The smallest absolute Gasteiger partial charge is 0.345 e. The van der Waals surface area contributed by atoms with Gasteiger partial charge in [-0.05, 0) is 37.6 Å². The van der Waals surface area contributed by atoms with Gasteiger partial charge in [-0.2, -0.15) is 0 Å². The number of hydrogen-bond acceptors (Lipinski definition) is 3. The number of ether oxygens (including phenoxy) is 2. The molecule has 0 amide bonds. The lowest BCUT2D eigenvalue weighted by Gasteiger charge is -2.17. The van der Waals surface area contributed by atoms with Gasteiger partial charge in [0.2, 0.25) is 0 Å². The van der Waals surface area contributed by atoms with E-state index in [9.17, 15) is 9.90 Å². The zero-order chi connectivity index (χ0) is 15.9. The SMILES string of the molecule is CCOc1ccccc1C[C@H](Oc1ccc(C)cc1)C(=O)O. The van der Waals surface area contributed by atoms with Gasteiger partial charge >= 0.3 is 5.97 Å². The Kier molecular flexibility index (Phi) is 5.42. The van der Waals surface area contributed by atoms with Crippen LogP contribution in [0.2, 0.25) is 0 Å². The molecule has 2 aromatic rings. The van der Waals surface area contributed by atoms with Crippen molar-refractivity contribution < 1.29 is 19.4 Å². The van der Waals surface area contributed by atoms with Crippen molar-refractivity contribution in [3.05, 3.63) is 59.7 Å². The molecule has 0 aliphatic rings. The van der Waals surface area contributed by atoms with E-state index >= 15 is 0 Å². The highest BCUT2D eigenvalue weighted by atomic mass is 16.5. The highest BCUT2D eigenvalue weighted by Crippen LogP contribution is 2.22. The van der Waals surface area contributed by atoms with Gasteiger partial charge < -0.3 is 14.6 Å². The molecule has 0 fully saturated rings. The number of rotatable bonds is 7. The summed E-state index contributed by atoms with van der Waals surface area (Å²) in [6.45, 7) is 4.40. The fourth-order valence-corrected chi connectivity index (χ4v) is 2.13. The minimum atomic E-state index is -0.994. The summed E-state index contributed by atoms with van der Waals surface area (Å²) < 4.78 is 11.1. The van der Waals surface area contributed by atoms with Crippen LogP contribution in [-0.4, -0.2) is 23.8 Å². The van der Waals surface area contributed by atoms with Crippen LogP contribution in [0.1, 0.15) is 18.1 Å². The average Bonchev–Trinajstić information content (AvgIpc) is 2.50. The standard InChI is InChI=1S/C18H20O4/c1-3-21-16-7-5-4-6-14(16)12-17(18(19)20)22-15-10-8-13(2)9-11-15/h4-11,17H,3,12H2,1-2H3,(H,19,20)/t17-/m0/s1. The number of carbonyl (C=O) groups is 1. The van der Waals surface area contributed by atoms with Crippen LogP contribution in [0.25, 0.3) is 0 Å². The molecule has 4 nitrogen and oxygen atoms in total. The molecular weight excluding hydrogens is 280 g/mol. The van der Waals surface area contributed by atoms with Crippen LogP contribution in [0, 0.1) is 6.92 Å². The van der Waals surface area contributed by atoms with Gasteiger partial charge in [0.05, 0.1) is 6.61 Å². The molecule has 0 aromatic heterocycles. The Morgan fingerprint density at radius 3 is 2.45 bits per heavy atom. The number of carboxylic acid groups (broad SMARTS) is 1. The lowest BCUT2D eigenvalue weighted by atomic mass is 10.1. The Balaban J connectivity index is 2.15. The van der Waals surface area contributed by atoms with E-state index in [-0.39, 0.29) is 6.42 Å². The van der Waals surface area contributed by atoms with Crippen LogP contribution in [0.5, 0.6) is 11.5 Å². The predicted molar refractivity (Wildman–Crippen MR) is 84.5 cm³/mol. The summed E-state index contributed by atoms with van der Waals surface area (Å²) in [6.07, 6.45) is -0.705. The van der Waals surface area contributed by atoms with Gasteiger partial charge in [0.25, 0.3) is 0 Å². The van der Waals surface area contributed by atoms with Crippen LogP contribution in [-0.2, 0) is 11.2 Å². The van der Waals surface area contributed by atoms with Crippen molar-refractivity contribution >= 4 is 5.97 Å². The maximum atomic E-state index is 11.5. The molecule has 22 heavy (non-hydrogen) atoms. The molecule has 4 heteroatoms. The summed E-state index contributed by atoms with van der Waals surface area (Å²) in [6, 6.07) is 14.8. The monoisotopic (exact) mass is 300 g/mol. The van der Waals surface area contributed by atoms with Crippen molar-refractivity contribution in [2.24, 2.45) is 0 Å². The van der Waals surface area contributed by atoms with Crippen LogP contribution in [0.4, 0.5) is 0 Å². The summed E-state index contributed by atoms with van der Waals surface area (Å²) in [5.41, 5.74) is 1.92. The molecule has 0 bridgehead atoms. The second-order valence-electron chi connectivity index (χ2n) is 5.00. The third-order valence-corrected chi connectivity index (χ3v) is 3.25. The van der Waals surface area contributed by atoms with E-state index in [1.807, 2.05) is 50.2 Å². The Morgan fingerprint density at radius 1 is 1.14 bits per heavy atom. The molecule has 0 saturated carbocycles. The minimum absolute atomic E-state index is 0.249. The van der Waals surface area contributed by atoms with Crippen molar-refractivity contribution in [3.8, 4) is 11.5 Å². The van der Waals surface area contributed by atoms with Crippen molar-refractivity contribution in [3.63, 3.8) is 0 Å². The normalized spacial score (nSPS) is 11.7. The fourth-order valence-electron chi connectivity index (χ4n) is 2.13. The molecular formula is C18H20O4. The van der Waals surface area contributed by atoms with E-state index in [4.69, 9.17) is 9.47 Å². The van der Waals surface area contributed by atoms with Crippen LogP contribution in [0.3, 0.4) is 0 Å². The summed E-state index contributed by atoms with van der Waals surface area (Å²) in [7, 11) is 0. The number of benzene rings is 2. The van der Waals surface area contributed by atoms with E-state index in [2.05, 4.69) is 0 Å². The van der Waals surface area contributed by atoms with E-state index in [1.165, 1.54) is 0 Å². The Bertz CT molecular complexity index is 619. The average molecular weight is 300 g/mol. The topological polar surface area (TPSA) is 55.8 Å². The maximum Gasteiger partial charge on any atom is 0.345 e. The third kappa shape index (κ3) is 4.25. The van der Waals surface area contributed by atoms with Gasteiger partial charge in [-0.25, -0.2) is 4.79 Å². The third-order valence-electron chi connectivity index (χ3n) is 3.25. The molecule has 2 rings (SSSR count). The van der Waals surface area contributed by atoms with Crippen molar-refractivity contribution in [2.45, 2.75) is 26.4 Å². The number of hydrogen-bond donors (Lipinski definition) is 1. The summed E-state index contributed by atoms with van der Waals surface area (Å²) in [5.74, 6) is 0.252. The van der Waals surface area contributed by atoms with Crippen LogP contribution >= 0.6 is 0 Å². The van der Waals surface area contributed by atoms with Gasteiger partial charge in [-0.1, -0.05) is 35.9 Å². The van der Waals surface area contributed by atoms with Crippen molar-refractivity contribution in [2.75, 3.05) is 6.61 Å². The summed E-state index contributed by atoms with van der Waals surface area (Å²) in [4.78, 5) is 11.5. The number of aliphatic carboxylic acids is 1. The lowest BCUT2D eigenvalue weighted by molar-refractivity contribution is -0.145. The fraction of sp³-hybridized carbons (Fsp3) is 0.278. The maximum absolute atomic E-state index is 11.5. The first kappa shape index (κ1) is 15.9. The second-order valence-corrected chi connectivity index (χ2v) is 5.00. The number of carboxylic acids is 1. The lowest BCUT2D eigenvalue weighted by Crippen LogP contribution is -2.29. The zero-order valence-electron chi connectivity index (χ0n) is 12.8. The van der Waals surface area contributed by atoms with Gasteiger partial charge in [-0.3, -0.25) is 0 Å². The first-order valence-electron chi connectivity index (χ1n) is 7.27. The predicted octanol–water partition coefficient (Wildman–Crippen LogP) is 3.47. The first-order chi connectivity index (χ1) is 10.6. The largest absolute Gasteiger partial charge is 0.494 e. The Morgan fingerprint density at radius 2 is 1.82 bits per heavy atom. The molecule has 0 spiro atoms. The molecule has 2 aromatic carbocycles. The molecule has 0 heterocycles. The molecule has 1 atom stereocenters. The molecule has 116 valence electrons. The van der Waals surface area contributed by atoms with E-state index in [0.717, 1.165) is 11.1 Å². The number of para-hydroxylation sites is 1. The highest BCUT2D eigenvalue weighted by molar-refractivity contribution is 5.73. The van der Waals surface area contributed by atoms with Gasteiger partial charge in [-0.15, -0.1) is 0 Å². The van der Waals surface area contributed by atoms with E-state index in [0.29, 0.717) is 18.1 Å². The Labute approximate surface area is 130 Å². The quantitative estimate of drug-likeness (QED) is 0.850. The summed E-state index contributed by atoms with van der Waals surface area (Å²) >= 11 is 0. The zero-order valence-corrected chi connectivity index (χ0v) is 12.8. The van der Waals surface area contributed by atoms with E-state index < -0.39 is 12.1 Å². The van der Waals surface area contributed by atoms with Crippen LogP contribution < -0.4 is 9.47 Å². The molecule has 0 aliphatic carbocycles. The van der Waals surface area contributed by atoms with Gasteiger partial charge in [0.15, 0.2) is 6.10 Å².